The third-order valence-electron chi connectivity index (χ3n) is 5.38. The molecule has 1 aromatic heterocycles. The summed E-state index contributed by atoms with van der Waals surface area (Å²) in [5.74, 6) is 4.34. The van der Waals surface area contributed by atoms with Crippen molar-refractivity contribution in [3.05, 3.63) is 59.7 Å². The van der Waals surface area contributed by atoms with Crippen molar-refractivity contribution in [2.24, 2.45) is 7.05 Å². The smallest absolute Gasteiger partial charge is 0.287 e. The summed E-state index contributed by atoms with van der Waals surface area (Å²) in [7, 11) is 2.15. The van der Waals surface area contributed by atoms with E-state index in [1.165, 1.54) is 48.3 Å². The minimum absolute atomic E-state index is 0.370. The summed E-state index contributed by atoms with van der Waals surface area (Å²) in [6.07, 6.45) is 9.94. The fourth-order valence-corrected chi connectivity index (χ4v) is 4.05. The van der Waals surface area contributed by atoms with Crippen molar-refractivity contribution in [3.8, 4) is 0 Å². The quantitative estimate of drug-likeness (QED) is 0.585. The molecule has 2 heterocycles. The second-order valence-electron chi connectivity index (χ2n) is 6.94. The van der Waals surface area contributed by atoms with Gasteiger partial charge in [-0.05, 0) is 43.3 Å². The van der Waals surface area contributed by atoms with Crippen LogP contribution in [0.1, 0.15) is 42.7 Å². The Labute approximate surface area is 139 Å². The minimum Gasteiger partial charge on any atom is -0.287 e. The largest absolute Gasteiger partial charge is 0.402 e. The summed E-state index contributed by atoms with van der Waals surface area (Å²) in [6, 6.07) is 13.4. The van der Waals surface area contributed by atoms with Gasteiger partial charge in [0, 0.05) is 11.6 Å². The zero-order valence-corrected chi connectivity index (χ0v) is 14.1. The maximum Gasteiger partial charge on any atom is 0.402 e. The van der Waals surface area contributed by atoms with Gasteiger partial charge in [-0.15, -0.1) is 0 Å². The van der Waals surface area contributed by atoms with Gasteiger partial charge < -0.3 is 0 Å². The highest BCUT2D eigenvalue weighted by Crippen LogP contribution is 2.37. The van der Waals surface area contributed by atoms with E-state index in [0.717, 1.165) is 5.92 Å². The highest BCUT2D eigenvalue weighted by molar-refractivity contribution is 6.69. The molecule has 1 aliphatic carbocycles. The fraction of sp³-hybridized carbons (Fsp3) is 0.350. The van der Waals surface area contributed by atoms with Gasteiger partial charge in [-0.2, -0.15) is 0 Å². The van der Waals surface area contributed by atoms with E-state index in [0.29, 0.717) is 6.85 Å². The van der Waals surface area contributed by atoms with E-state index >= 15 is 0 Å². The van der Waals surface area contributed by atoms with Crippen LogP contribution in [0.5, 0.6) is 0 Å². The van der Waals surface area contributed by atoms with Gasteiger partial charge in [0.1, 0.15) is 5.69 Å². The second kappa shape index (κ2) is 5.88. The van der Waals surface area contributed by atoms with Gasteiger partial charge in [0.15, 0.2) is 0 Å². The van der Waals surface area contributed by atoms with Crippen LogP contribution in [0.2, 0.25) is 6.82 Å². The molecule has 0 amide bonds. The monoisotopic (exact) mass is 303 g/mol. The van der Waals surface area contributed by atoms with E-state index in [9.17, 15) is 0 Å². The third-order valence-corrected chi connectivity index (χ3v) is 5.38. The van der Waals surface area contributed by atoms with Gasteiger partial charge >= 0.3 is 6.85 Å². The lowest BCUT2D eigenvalue weighted by molar-refractivity contribution is -0.658. The molecule has 0 N–H and O–H groups in total. The van der Waals surface area contributed by atoms with E-state index in [2.05, 4.69) is 77.9 Å². The number of benzene rings is 1. The van der Waals surface area contributed by atoms with Gasteiger partial charge in [0.05, 0.1) is 13.2 Å². The molecule has 2 nitrogen and oxygen atoms in total. The number of hydrogen-bond acceptors (Lipinski definition) is 1. The number of aromatic nitrogens is 1. The second-order valence-corrected chi connectivity index (χ2v) is 6.94. The Morgan fingerprint density at radius 1 is 1.13 bits per heavy atom. The minimum atomic E-state index is 0.370. The Morgan fingerprint density at radius 2 is 1.91 bits per heavy atom. The lowest BCUT2D eigenvalue weighted by Gasteiger charge is -2.26. The third kappa shape index (κ3) is 2.58. The van der Waals surface area contributed by atoms with Gasteiger partial charge in [-0.25, -0.2) is 4.57 Å². The fourth-order valence-electron chi connectivity index (χ4n) is 4.05. The average Bonchev–Trinajstić information content (AvgIpc) is 3.10. The van der Waals surface area contributed by atoms with Crippen molar-refractivity contribution in [2.45, 2.75) is 38.4 Å². The molecular formula is C20H24BN2+. The number of fused-ring (bicyclic) bond motifs is 1. The Hall–Kier alpha value is -2.03. The molecule has 0 spiro atoms. The first-order valence-electron chi connectivity index (χ1n) is 8.80. The molecule has 116 valence electrons. The molecule has 4 rings (SSSR count). The van der Waals surface area contributed by atoms with E-state index in [1.807, 2.05) is 0 Å². The zero-order chi connectivity index (χ0) is 15.8. The van der Waals surface area contributed by atoms with Crippen molar-refractivity contribution >= 4 is 24.4 Å². The molecule has 0 unspecified atom stereocenters. The van der Waals surface area contributed by atoms with Crippen molar-refractivity contribution < 1.29 is 4.57 Å². The summed E-state index contributed by atoms with van der Waals surface area (Å²) in [6.45, 7) is 2.64. The molecule has 2 aliphatic rings. The first-order valence-corrected chi connectivity index (χ1v) is 8.80. The van der Waals surface area contributed by atoms with Crippen molar-refractivity contribution in [1.82, 2.24) is 0 Å². The molecule has 1 aromatic carbocycles. The van der Waals surface area contributed by atoms with Gasteiger partial charge in [-0.3, -0.25) is 4.81 Å². The van der Waals surface area contributed by atoms with Crippen LogP contribution in [-0.2, 0) is 7.05 Å². The summed E-state index contributed by atoms with van der Waals surface area (Å²) >= 11 is 0. The number of anilines is 2. The first kappa shape index (κ1) is 14.6. The standard InChI is InChI=1S/C20H24BN2/c1-21-13-11-17-9-5-6-10-19(17)23(21)20-15-18(12-14-22(20)2)16-7-3-4-8-16/h5-6,9-16H,3-4,7-8H2,1-2H3/q+1. The molecule has 3 heteroatoms. The predicted molar refractivity (Wildman–Crippen MR) is 98.1 cm³/mol. The van der Waals surface area contributed by atoms with Crippen molar-refractivity contribution in [2.75, 3.05) is 4.81 Å². The molecule has 0 saturated heterocycles. The summed E-state index contributed by atoms with van der Waals surface area (Å²) in [5, 5.41) is 0. The molecular weight excluding hydrogens is 279 g/mol. The van der Waals surface area contributed by atoms with E-state index in [1.54, 1.807) is 0 Å². The lowest BCUT2D eigenvalue weighted by Crippen LogP contribution is -2.43. The van der Waals surface area contributed by atoms with Gasteiger partial charge in [0.25, 0.3) is 5.82 Å². The Balaban J connectivity index is 1.80. The number of rotatable bonds is 2. The maximum atomic E-state index is 2.47. The van der Waals surface area contributed by atoms with Crippen molar-refractivity contribution in [3.63, 3.8) is 0 Å². The summed E-state index contributed by atoms with van der Waals surface area (Å²) < 4.78 is 2.25. The number of hydrogen-bond donors (Lipinski definition) is 0. The Morgan fingerprint density at radius 3 is 2.74 bits per heavy atom. The molecule has 0 bridgehead atoms. The van der Waals surface area contributed by atoms with Crippen LogP contribution < -0.4 is 9.38 Å². The number of nitrogens with zero attached hydrogens (tertiary/aromatic N) is 2. The molecule has 23 heavy (non-hydrogen) atoms. The van der Waals surface area contributed by atoms with Gasteiger partial charge in [-0.1, -0.05) is 43.1 Å². The van der Waals surface area contributed by atoms with Crippen LogP contribution in [0.25, 0.3) is 6.08 Å². The summed E-state index contributed by atoms with van der Waals surface area (Å²) in [4.78, 5) is 2.47. The van der Waals surface area contributed by atoms with Gasteiger partial charge in [0.2, 0.25) is 0 Å². The molecule has 1 aliphatic heterocycles. The van der Waals surface area contributed by atoms with Crippen molar-refractivity contribution in [1.29, 1.82) is 0 Å². The highest BCUT2D eigenvalue weighted by Gasteiger charge is 2.33. The molecule has 0 radical (unpaired) electrons. The topological polar surface area (TPSA) is 7.12 Å². The zero-order valence-electron chi connectivity index (χ0n) is 14.1. The van der Waals surface area contributed by atoms with Crippen LogP contribution in [0.3, 0.4) is 0 Å². The Kier molecular flexibility index (Phi) is 3.72. The molecule has 2 aromatic rings. The molecule has 1 fully saturated rings. The van der Waals surface area contributed by atoms with E-state index < -0.39 is 0 Å². The number of aryl methyl sites for hydroxylation is 1. The van der Waals surface area contributed by atoms with Crippen LogP contribution in [0, 0.1) is 0 Å². The van der Waals surface area contributed by atoms with E-state index in [-0.39, 0.29) is 0 Å². The molecule has 1 saturated carbocycles. The lowest BCUT2D eigenvalue weighted by atomic mass is 9.60. The highest BCUT2D eigenvalue weighted by atomic mass is 15.2. The van der Waals surface area contributed by atoms with Crippen LogP contribution in [0.4, 0.5) is 11.5 Å². The van der Waals surface area contributed by atoms with Crippen LogP contribution >= 0.6 is 0 Å². The average molecular weight is 303 g/mol. The number of pyridine rings is 1. The molecule has 0 atom stereocenters. The van der Waals surface area contributed by atoms with E-state index in [4.69, 9.17) is 0 Å². The van der Waals surface area contributed by atoms with Crippen LogP contribution in [0.15, 0.2) is 48.6 Å². The van der Waals surface area contributed by atoms with Crippen LogP contribution in [-0.4, -0.2) is 6.85 Å². The maximum absolute atomic E-state index is 2.47. The normalized spacial score (nSPS) is 17.7. The Bertz CT molecular complexity index is 747. The number of para-hydroxylation sites is 1. The first-order chi connectivity index (χ1) is 11.2. The summed E-state index contributed by atoms with van der Waals surface area (Å²) in [5.41, 5.74) is 4.12. The predicted octanol–water partition coefficient (Wildman–Crippen LogP) is 4.49. The SMILES string of the molecule is CB1C=Cc2ccccc2N1c1cc(C2CCCC2)cc[n+]1C.